The summed E-state index contributed by atoms with van der Waals surface area (Å²) in [6.45, 7) is 1.93. The van der Waals surface area contributed by atoms with Gasteiger partial charge in [-0.25, -0.2) is 0 Å². The highest BCUT2D eigenvalue weighted by Crippen LogP contribution is 2.52. The fourth-order valence-electron chi connectivity index (χ4n) is 4.01. The van der Waals surface area contributed by atoms with Gasteiger partial charge in [0.25, 0.3) is 10.1 Å². The second kappa shape index (κ2) is 5.93. The van der Waals surface area contributed by atoms with Crippen LogP contribution >= 0.6 is 0 Å². The van der Waals surface area contributed by atoms with Crippen molar-refractivity contribution in [3.8, 4) is 0 Å². The predicted molar refractivity (Wildman–Crippen MR) is 98.0 cm³/mol. The number of allylic oxidation sites excluding steroid dienone is 5. The monoisotopic (exact) mass is 390 g/mol. The predicted octanol–water partition coefficient (Wildman–Crippen LogP) is 2.95. The minimum atomic E-state index is -4.30. The maximum atomic E-state index is 11.7. The fraction of sp³-hybridized carbons (Fsp3) is 0.333. The maximum Gasteiger partial charge on any atom is 0.283 e. The molecule has 1 aromatic rings. The Bertz CT molecular complexity index is 1030. The molecule has 0 radical (unpaired) electrons. The van der Waals surface area contributed by atoms with Crippen molar-refractivity contribution in [1.82, 2.24) is 0 Å². The Morgan fingerprint density at radius 1 is 1.37 bits per heavy atom. The topological polar surface area (TPSA) is 110 Å². The number of fused-ring (bicyclic) bond motifs is 1. The number of nitrogens with zero attached hydrogens (tertiary/aromatic N) is 2. The Balaban J connectivity index is 1.79. The van der Waals surface area contributed by atoms with Gasteiger partial charge in [0.1, 0.15) is 11.6 Å². The van der Waals surface area contributed by atoms with Gasteiger partial charge in [0, 0.05) is 36.1 Å². The van der Waals surface area contributed by atoms with E-state index in [0.29, 0.717) is 23.4 Å². The lowest BCUT2D eigenvalue weighted by atomic mass is 9.89. The van der Waals surface area contributed by atoms with E-state index in [9.17, 15) is 23.1 Å². The quantitative estimate of drug-likeness (QED) is 0.480. The zero-order chi connectivity index (χ0) is 19.4. The summed E-state index contributed by atoms with van der Waals surface area (Å²) in [7, 11) is -4.30. The van der Waals surface area contributed by atoms with E-state index in [0.717, 1.165) is 5.56 Å². The van der Waals surface area contributed by atoms with Gasteiger partial charge in [-0.05, 0) is 23.8 Å². The van der Waals surface area contributed by atoms with E-state index in [2.05, 4.69) is 0 Å². The molecule has 2 heterocycles. The molecule has 2 aliphatic heterocycles. The van der Waals surface area contributed by atoms with Gasteiger partial charge in [-0.15, -0.1) is 0 Å². The first-order valence-corrected chi connectivity index (χ1v) is 10.1. The average Bonchev–Trinajstić information content (AvgIpc) is 2.83. The standard InChI is InChI=1S/C18H18N2O6S/c1-12-15-4-2-3-5-16(15)19(11-27(23,24)25)18(12)9-8-13-10-14(20(21)22)6-7-17(13)26-18/h2-5,8-10,12H,6-7,11H2,1H3,(H,23,24,25)/t12-,18-/m1/s1. The first kappa shape index (κ1) is 17.7. The molecule has 2 atom stereocenters. The Labute approximate surface area is 156 Å². The minimum Gasteiger partial charge on any atom is -0.467 e. The van der Waals surface area contributed by atoms with Crippen molar-refractivity contribution in [1.29, 1.82) is 0 Å². The molecule has 0 saturated heterocycles. The Kier molecular flexibility index (Phi) is 3.90. The van der Waals surface area contributed by atoms with Crippen LogP contribution in [-0.4, -0.2) is 29.5 Å². The molecule has 1 aromatic carbocycles. The van der Waals surface area contributed by atoms with Crippen LogP contribution < -0.4 is 4.90 Å². The van der Waals surface area contributed by atoms with Gasteiger partial charge in [0.05, 0.1) is 4.92 Å². The van der Waals surface area contributed by atoms with Crippen molar-refractivity contribution in [3.05, 3.63) is 75.2 Å². The molecule has 1 N–H and O–H groups in total. The molecule has 142 valence electrons. The van der Waals surface area contributed by atoms with Crippen molar-refractivity contribution in [3.63, 3.8) is 0 Å². The maximum absolute atomic E-state index is 11.7. The fourth-order valence-corrected chi connectivity index (χ4v) is 4.68. The Morgan fingerprint density at radius 2 is 2.11 bits per heavy atom. The molecule has 0 unspecified atom stereocenters. The van der Waals surface area contributed by atoms with Gasteiger partial charge < -0.3 is 9.64 Å². The molecule has 3 aliphatic rings. The van der Waals surface area contributed by atoms with Gasteiger partial charge in [-0.1, -0.05) is 25.1 Å². The van der Waals surface area contributed by atoms with E-state index in [1.807, 2.05) is 19.1 Å². The van der Waals surface area contributed by atoms with Crippen LogP contribution in [0.3, 0.4) is 0 Å². The molecule has 0 amide bonds. The van der Waals surface area contributed by atoms with E-state index in [1.54, 1.807) is 24.3 Å². The van der Waals surface area contributed by atoms with Crippen LogP contribution in [0.1, 0.15) is 31.2 Å². The second-order valence-corrected chi connectivity index (χ2v) is 8.30. The summed E-state index contributed by atoms with van der Waals surface area (Å²) in [6.07, 6.45) is 5.55. The van der Waals surface area contributed by atoms with Gasteiger partial charge in [0.15, 0.2) is 0 Å². The van der Waals surface area contributed by atoms with Crippen LogP contribution in [0.5, 0.6) is 0 Å². The van der Waals surface area contributed by atoms with E-state index < -0.39 is 26.6 Å². The number of nitro groups is 1. The van der Waals surface area contributed by atoms with Gasteiger partial charge >= 0.3 is 0 Å². The highest BCUT2D eigenvalue weighted by Gasteiger charge is 2.52. The lowest BCUT2D eigenvalue weighted by Gasteiger charge is -2.43. The molecule has 0 saturated carbocycles. The zero-order valence-corrected chi connectivity index (χ0v) is 15.3. The summed E-state index contributed by atoms with van der Waals surface area (Å²) in [4.78, 5) is 12.2. The Morgan fingerprint density at radius 3 is 2.81 bits per heavy atom. The smallest absolute Gasteiger partial charge is 0.283 e. The van der Waals surface area contributed by atoms with Crippen molar-refractivity contribution >= 4 is 15.8 Å². The average molecular weight is 390 g/mol. The van der Waals surface area contributed by atoms with Crippen LogP contribution in [0.25, 0.3) is 0 Å². The van der Waals surface area contributed by atoms with Crippen molar-refractivity contribution in [2.75, 3.05) is 10.8 Å². The summed E-state index contributed by atoms with van der Waals surface area (Å²) in [5.74, 6) is -0.234. The normalized spacial score (nSPS) is 26.5. The van der Waals surface area contributed by atoms with Crippen LogP contribution in [0.15, 0.2) is 59.5 Å². The summed E-state index contributed by atoms with van der Waals surface area (Å²) in [6, 6.07) is 7.35. The number of anilines is 1. The lowest BCUT2D eigenvalue weighted by Crippen LogP contribution is -2.52. The van der Waals surface area contributed by atoms with E-state index in [-0.39, 0.29) is 18.0 Å². The molecule has 27 heavy (non-hydrogen) atoms. The molecule has 0 fully saturated rings. The third-order valence-corrected chi connectivity index (χ3v) is 5.89. The molecule has 1 aliphatic carbocycles. The Hall–Kier alpha value is -2.65. The first-order valence-electron chi connectivity index (χ1n) is 8.49. The number of para-hydroxylation sites is 1. The highest BCUT2D eigenvalue weighted by atomic mass is 32.2. The number of hydrogen-bond acceptors (Lipinski definition) is 6. The van der Waals surface area contributed by atoms with Crippen molar-refractivity contribution < 1.29 is 22.6 Å². The second-order valence-electron chi connectivity index (χ2n) is 6.88. The van der Waals surface area contributed by atoms with Crippen LogP contribution in [0.2, 0.25) is 0 Å². The molecular formula is C18H18N2O6S. The SMILES string of the molecule is C[C@@H]1c2ccccc2N(CS(=O)(=O)O)[C@@]12C=CC1=C(CCC([N+](=O)[O-])=C1)O2. The molecule has 9 heteroatoms. The van der Waals surface area contributed by atoms with Crippen LogP contribution in [-0.2, 0) is 14.9 Å². The van der Waals surface area contributed by atoms with E-state index in [1.165, 1.54) is 11.0 Å². The van der Waals surface area contributed by atoms with Gasteiger partial charge in [-0.2, -0.15) is 8.42 Å². The molecule has 1 spiro atoms. The minimum absolute atomic E-state index is 0.121. The van der Waals surface area contributed by atoms with Gasteiger partial charge in [0.2, 0.25) is 11.4 Å². The summed E-state index contributed by atoms with van der Waals surface area (Å²) >= 11 is 0. The molecule has 0 bridgehead atoms. The summed E-state index contributed by atoms with van der Waals surface area (Å²) in [5.41, 5.74) is 1.21. The largest absolute Gasteiger partial charge is 0.467 e. The van der Waals surface area contributed by atoms with Gasteiger partial charge in [-0.3, -0.25) is 14.7 Å². The molecule has 8 nitrogen and oxygen atoms in total. The molecule has 0 aromatic heterocycles. The van der Waals surface area contributed by atoms with Crippen LogP contribution in [0, 0.1) is 10.1 Å². The number of benzene rings is 1. The number of ether oxygens (including phenoxy) is 1. The number of hydrogen-bond donors (Lipinski definition) is 1. The third kappa shape index (κ3) is 2.83. The van der Waals surface area contributed by atoms with E-state index in [4.69, 9.17) is 4.74 Å². The summed E-state index contributed by atoms with van der Waals surface area (Å²) < 4.78 is 39.1. The first-order chi connectivity index (χ1) is 12.7. The lowest BCUT2D eigenvalue weighted by molar-refractivity contribution is -0.428. The molecule has 4 rings (SSSR count). The van der Waals surface area contributed by atoms with Crippen molar-refractivity contribution in [2.24, 2.45) is 0 Å². The highest BCUT2D eigenvalue weighted by molar-refractivity contribution is 7.85. The third-order valence-electron chi connectivity index (χ3n) is 5.30. The number of rotatable bonds is 3. The van der Waals surface area contributed by atoms with Crippen molar-refractivity contribution in [2.45, 2.75) is 31.4 Å². The zero-order valence-electron chi connectivity index (χ0n) is 14.5. The van der Waals surface area contributed by atoms with Crippen LogP contribution in [0.4, 0.5) is 5.69 Å². The summed E-state index contributed by atoms with van der Waals surface area (Å²) in [5, 5.41) is 11.0. The van der Waals surface area contributed by atoms with E-state index >= 15 is 0 Å². The molecular weight excluding hydrogens is 372 g/mol.